The van der Waals surface area contributed by atoms with Gasteiger partial charge in [-0.15, -0.1) is 0 Å². The number of ether oxygens (including phenoxy) is 1. The first-order valence-electron chi connectivity index (χ1n) is 6.63. The number of nitrogen functional groups attached to an aromatic ring is 1. The number of carbonyl (C=O) groups is 1. The minimum atomic E-state index is -0.303. The first-order chi connectivity index (χ1) is 9.39. The minimum Gasteiger partial charge on any atom is -0.427 e. The molecule has 0 heterocycles. The number of carbonyl (C=O) groups excluding carboxylic acids is 1. The van der Waals surface area contributed by atoms with Crippen LogP contribution < -0.4 is 10.5 Å². The molecule has 3 heteroatoms. The molecule has 0 atom stereocenters. The van der Waals surface area contributed by atoms with Gasteiger partial charge in [-0.1, -0.05) is 26.0 Å². The molecule has 0 spiro atoms. The molecule has 0 fully saturated rings. The molecule has 2 N–H and O–H groups in total. The highest BCUT2D eigenvalue weighted by Gasteiger charge is 2.35. The molecule has 0 amide bonds. The Hall–Kier alpha value is -2.29. The second kappa shape index (κ2) is 4.10. The molecular weight excluding hydrogens is 250 g/mol. The fourth-order valence-electron chi connectivity index (χ4n) is 2.96. The summed E-state index contributed by atoms with van der Waals surface area (Å²) in [4.78, 5) is 11.1. The number of nitrogens with two attached hydrogens (primary N) is 1. The van der Waals surface area contributed by atoms with E-state index in [0.717, 1.165) is 11.3 Å². The molecule has 102 valence electrons. The standard InChI is InChI=1S/C17H17NO2/c1-10(19)20-12-5-7-14-13-6-4-11(18)8-15(13)17(2,3)16(14)9-12/h4-9H,18H2,1-3H3. The molecule has 3 nitrogen and oxygen atoms in total. The lowest BCUT2D eigenvalue weighted by Crippen LogP contribution is -2.15. The highest BCUT2D eigenvalue weighted by molar-refractivity contribution is 5.83. The van der Waals surface area contributed by atoms with E-state index in [1.807, 2.05) is 30.3 Å². The lowest BCUT2D eigenvalue weighted by Gasteiger charge is -2.22. The van der Waals surface area contributed by atoms with Crippen LogP contribution in [0.25, 0.3) is 11.1 Å². The molecule has 0 unspecified atom stereocenters. The van der Waals surface area contributed by atoms with Crippen molar-refractivity contribution < 1.29 is 9.53 Å². The number of hydrogen-bond acceptors (Lipinski definition) is 3. The third-order valence-corrected chi connectivity index (χ3v) is 3.93. The van der Waals surface area contributed by atoms with E-state index in [9.17, 15) is 4.79 Å². The van der Waals surface area contributed by atoms with Crippen LogP contribution in [0, 0.1) is 0 Å². The Morgan fingerprint density at radius 1 is 1.05 bits per heavy atom. The van der Waals surface area contributed by atoms with Crippen molar-refractivity contribution in [3.63, 3.8) is 0 Å². The van der Waals surface area contributed by atoms with Gasteiger partial charge in [0.1, 0.15) is 5.75 Å². The van der Waals surface area contributed by atoms with Crippen molar-refractivity contribution in [3.05, 3.63) is 47.5 Å². The highest BCUT2D eigenvalue weighted by atomic mass is 16.5. The van der Waals surface area contributed by atoms with Gasteiger partial charge < -0.3 is 10.5 Å². The van der Waals surface area contributed by atoms with Crippen molar-refractivity contribution >= 4 is 11.7 Å². The normalized spacial score (nSPS) is 14.6. The summed E-state index contributed by atoms with van der Waals surface area (Å²) in [6.07, 6.45) is 0. The molecule has 2 aromatic rings. The molecular formula is C17H17NO2. The van der Waals surface area contributed by atoms with Crippen LogP contribution in [0.1, 0.15) is 31.9 Å². The molecule has 3 rings (SSSR count). The van der Waals surface area contributed by atoms with Gasteiger partial charge in [-0.3, -0.25) is 4.79 Å². The molecule has 1 aliphatic rings. The Balaban J connectivity index is 2.19. The summed E-state index contributed by atoms with van der Waals surface area (Å²) >= 11 is 0. The van der Waals surface area contributed by atoms with Crippen molar-refractivity contribution in [1.29, 1.82) is 0 Å². The van der Waals surface area contributed by atoms with E-state index in [0.29, 0.717) is 5.75 Å². The summed E-state index contributed by atoms with van der Waals surface area (Å²) < 4.78 is 5.19. The Kier molecular flexibility index (Phi) is 2.61. The van der Waals surface area contributed by atoms with E-state index in [2.05, 4.69) is 19.9 Å². The maximum Gasteiger partial charge on any atom is 0.308 e. The van der Waals surface area contributed by atoms with Crippen LogP contribution in [0.4, 0.5) is 5.69 Å². The Labute approximate surface area is 118 Å². The summed E-state index contributed by atoms with van der Waals surface area (Å²) in [6, 6.07) is 11.8. The molecule has 0 aromatic heterocycles. The minimum absolute atomic E-state index is 0.143. The van der Waals surface area contributed by atoms with Crippen LogP contribution in [0.15, 0.2) is 36.4 Å². The van der Waals surface area contributed by atoms with E-state index in [1.54, 1.807) is 0 Å². The van der Waals surface area contributed by atoms with Gasteiger partial charge in [0, 0.05) is 18.0 Å². The molecule has 0 saturated carbocycles. The summed E-state index contributed by atoms with van der Waals surface area (Å²) in [5.41, 5.74) is 11.3. The monoisotopic (exact) mass is 267 g/mol. The van der Waals surface area contributed by atoms with Crippen molar-refractivity contribution in [1.82, 2.24) is 0 Å². The molecule has 0 aliphatic heterocycles. The lowest BCUT2D eigenvalue weighted by atomic mass is 9.82. The van der Waals surface area contributed by atoms with Gasteiger partial charge in [0.15, 0.2) is 0 Å². The van der Waals surface area contributed by atoms with Gasteiger partial charge in [-0.25, -0.2) is 0 Å². The summed E-state index contributed by atoms with van der Waals surface area (Å²) in [7, 11) is 0. The summed E-state index contributed by atoms with van der Waals surface area (Å²) in [6.45, 7) is 5.73. The summed E-state index contributed by atoms with van der Waals surface area (Å²) in [5.74, 6) is 0.285. The lowest BCUT2D eigenvalue weighted by molar-refractivity contribution is -0.131. The number of fused-ring (bicyclic) bond motifs is 3. The zero-order valence-electron chi connectivity index (χ0n) is 11.9. The van der Waals surface area contributed by atoms with Gasteiger partial charge >= 0.3 is 5.97 Å². The first kappa shape index (κ1) is 12.7. The fourth-order valence-corrected chi connectivity index (χ4v) is 2.96. The van der Waals surface area contributed by atoms with Crippen molar-refractivity contribution in [2.24, 2.45) is 0 Å². The SMILES string of the molecule is CC(=O)Oc1ccc2c(c1)C(C)(C)c1cc(N)ccc1-2. The fraction of sp³-hybridized carbons (Fsp3) is 0.235. The smallest absolute Gasteiger partial charge is 0.308 e. The predicted molar refractivity (Wildman–Crippen MR) is 79.7 cm³/mol. The maximum absolute atomic E-state index is 11.1. The number of anilines is 1. The van der Waals surface area contributed by atoms with Crippen molar-refractivity contribution in [2.45, 2.75) is 26.2 Å². The molecule has 2 aromatic carbocycles. The summed E-state index contributed by atoms with van der Waals surface area (Å²) in [5, 5.41) is 0. The Morgan fingerprint density at radius 2 is 1.65 bits per heavy atom. The van der Waals surface area contributed by atoms with Gasteiger partial charge in [-0.05, 0) is 46.5 Å². The van der Waals surface area contributed by atoms with Crippen molar-refractivity contribution in [2.75, 3.05) is 5.73 Å². The van der Waals surface area contributed by atoms with Crippen LogP contribution in [0.5, 0.6) is 5.75 Å². The second-order valence-electron chi connectivity index (χ2n) is 5.73. The van der Waals surface area contributed by atoms with Gasteiger partial charge in [-0.2, -0.15) is 0 Å². The average molecular weight is 267 g/mol. The second-order valence-corrected chi connectivity index (χ2v) is 5.73. The van der Waals surface area contributed by atoms with E-state index in [-0.39, 0.29) is 11.4 Å². The van der Waals surface area contributed by atoms with Crippen LogP contribution in [-0.4, -0.2) is 5.97 Å². The van der Waals surface area contributed by atoms with Crippen LogP contribution >= 0.6 is 0 Å². The van der Waals surface area contributed by atoms with E-state index in [1.165, 1.54) is 23.6 Å². The van der Waals surface area contributed by atoms with E-state index in [4.69, 9.17) is 10.5 Å². The largest absolute Gasteiger partial charge is 0.427 e. The first-order valence-corrected chi connectivity index (χ1v) is 6.63. The molecule has 0 saturated heterocycles. The zero-order chi connectivity index (χ0) is 14.5. The average Bonchev–Trinajstić information content (AvgIpc) is 2.58. The van der Waals surface area contributed by atoms with E-state index < -0.39 is 0 Å². The predicted octanol–water partition coefficient (Wildman–Crippen LogP) is 3.50. The number of hydrogen-bond donors (Lipinski definition) is 1. The third-order valence-electron chi connectivity index (χ3n) is 3.93. The van der Waals surface area contributed by atoms with Gasteiger partial charge in [0.25, 0.3) is 0 Å². The number of esters is 1. The maximum atomic E-state index is 11.1. The quantitative estimate of drug-likeness (QED) is 0.489. The van der Waals surface area contributed by atoms with Gasteiger partial charge in [0.05, 0.1) is 0 Å². The third kappa shape index (κ3) is 1.78. The Bertz CT molecular complexity index is 717. The van der Waals surface area contributed by atoms with Crippen LogP contribution in [0.2, 0.25) is 0 Å². The molecule has 20 heavy (non-hydrogen) atoms. The van der Waals surface area contributed by atoms with Crippen LogP contribution in [-0.2, 0) is 10.2 Å². The van der Waals surface area contributed by atoms with Gasteiger partial charge in [0.2, 0.25) is 0 Å². The van der Waals surface area contributed by atoms with Crippen molar-refractivity contribution in [3.8, 4) is 16.9 Å². The number of rotatable bonds is 1. The highest BCUT2D eigenvalue weighted by Crippen LogP contribution is 2.50. The molecule has 0 radical (unpaired) electrons. The zero-order valence-corrected chi connectivity index (χ0v) is 11.9. The molecule has 1 aliphatic carbocycles. The molecule has 0 bridgehead atoms. The van der Waals surface area contributed by atoms with E-state index >= 15 is 0 Å². The van der Waals surface area contributed by atoms with Crippen LogP contribution in [0.3, 0.4) is 0 Å². The Morgan fingerprint density at radius 3 is 2.30 bits per heavy atom. The number of benzene rings is 2. The topological polar surface area (TPSA) is 52.3 Å².